The fourth-order valence-corrected chi connectivity index (χ4v) is 3.71. The van der Waals surface area contributed by atoms with E-state index < -0.39 is 5.97 Å². The first-order chi connectivity index (χ1) is 14.1. The lowest BCUT2D eigenvalue weighted by Crippen LogP contribution is -2.45. The van der Waals surface area contributed by atoms with E-state index in [9.17, 15) is 9.59 Å². The number of carboxylic acids is 1. The minimum atomic E-state index is -0.770. The first kappa shape index (κ1) is 19.0. The predicted molar refractivity (Wildman–Crippen MR) is 109 cm³/mol. The van der Waals surface area contributed by atoms with E-state index >= 15 is 0 Å². The SMILES string of the molecule is O=C(O)C1CCN(C(=O)NCc2ccc(Cn3cnc4ccccc43)cc2)CC1. The number of hydrogen-bond donors (Lipinski definition) is 2. The Morgan fingerprint density at radius 1 is 1.03 bits per heavy atom. The van der Waals surface area contributed by atoms with Gasteiger partial charge in [0.15, 0.2) is 0 Å². The monoisotopic (exact) mass is 392 g/mol. The number of benzene rings is 2. The molecule has 0 spiro atoms. The van der Waals surface area contributed by atoms with Crippen molar-refractivity contribution >= 4 is 23.0 Å². The molecule has 1 aromatic heterocycles. The first-order valence-electron chi connectivity index (χ1n) is 9.83. The van der Waals surface area contributed by atoms with E-state index in [0.717, 1.165) is 23.1 Å². The second-order valence-electron chi connectivity index (χ2n) is 7.44. The van der Waals surface area contributed by atoms with Gasteiger partial charge in [0.05, 0.1) is 23.3 Å². The van der Waals surface area contributed by atoms with Crippen LogP contribution in [0.15, 0.2) is 54.9 Å². The average Bonchev–Trinajstić information content (AvgIpc) is 3.16. The minimum absolute atomic E-state index is 0.136. The summed E-state index contributed by atoms with van der Waals surface area (Å²) in [7, 11) is 0. The number of carbonyl (C=O) groups excluding carboxylic acids is 1. The molecule has 2 heterocycles. The Bertz CT molecular complexity index is 1000. The normalized spacial score (nSPS) is 14.8. The molecule has 1 fully saturated rings. The number of fused-ring (bicyclic) bond motifs is 1. The summed E-state index contributed by atoms with van der Waals surface area (Å²) in [5.41, 5.74) is 4.28. The van der Waals surface area contributed by atoms with Crippen molar-refractivity contribution < 1.29 is 14.7 Å². The topological polar surface area (TPSA) is 87.5 Å². The van der Waals surface area contributed by atoms with Crippen LogP contribution in [-0.2, 0) is 17.9 Å². The summed E-state index contributed by atoms with van der Waals surface area (Å²) < 4.78 is 2.12. The molecule has 0 bridgehead atoms. The van der Waals surface area contributed by atoms with Crippen LogP contribution in [0.1, 0.15) is 24.0 Å². The van der Waals surface area contributed by atoms with Crippen molar-refractivity contribution in [3.05, 3.63) is 66.0 Å². The van der Waals surface area contributed by atoms with E-state index in [-0.39, 0.29) is 11.9 Å². The number of imidazole rings is 1. The summed E-state index contributed by atoms with van der Waals surface area (Å²) in [4.78, 5) is 29.4. The lowest BCUT2D eigenvalue weighted by atomic mass is 9.97. The molecule has 2 aromatic carbocycles. The number of urea groups is 1. The van der Waals surface area contributed by atoms with Gasteiger partial charge in [0.1, 0.15) is 0 Å². The molecule has 0 unspecified atom stereocenters. The van der Waals surface area contributed by atoms with E-state index in [2.05, 4.69) is 33.1 Å². The van der Waals surface area contributed by atoms with Crippen LogP contribution in [-0.4, -0.2) is 44.6 Å². The highest BCUT2D eigenvalue weighted by Gasteiger charge is 2.26. The summed E-state index contributed by atoms with van der Waals surface area (Å²) in [6.45, 7) is 2.17. The zero-order valence-corrected chi connectivity index (χ0v) is 16.1. The van der Waals surface area contributed by atoms with Gasteiger partial charge in [0.25, 0.3) is 0 Å². The van der Waals surface area contributed by atoms with E-state index in [1.165, 1.54) is 5.56 Å². The maximum absolute atomic E-state index is 12.3. The third-order valence-electron chi connectivity index (χ3n) is 5.48. The first-order valence-corrected chi connectivity index (χ1v) is 9.83. The van der Waals surface area contributed by atoms with Gasteiger partial charge >= 0.3 is 12.0 Å². The highest BCUT2D eigenvalue weighted by atomic mass is 16.4. The Balaban J connectivity index is 1.29. The van der Waals surface area contributed by atoms with Crippen LogP contribution in [0.4, 0.5) is 4.79 Å². The molecule has 2 N–H and O–H groups in total. The van der Waals surface area contributed by atoms with Gasteiger partial charge in [-0.15, -0.1) is 0 Å². The minimum Gasteiger partial charge on any atom is -0.481 e. The van der Waals surface area contributed by atoms with Crippen LogP contribution in [0.3, 0.4) is 0 Å². The zero-order chi connectivity index (χ0) is 20.2. The zero-order valence-electron chi connectivity index (χ0n) is 16.1. The molecule has 29 heavy (non-hydrogen) atoms. The van der Waals surface area contributed by atoms with Crippen molar-refractivity contribution in [3.63, 3.8) is 0 Å². The number of carboxylic acid groups (broad SMARTS) is 1. The summed E-state index contributed by atoms with van der Waals surface area (Å²) in [6.07, 6.45) is 2.88. The summed E-state index contributed by atoms with van der Waals surface area (Å²) in [5, 5.41) is 12.0. The molecule has 2 amide bonds. The van der Waals surface area contributed by atoms with Crippen LogP contribution in [0.5, 0.6) is 0 Å². The third-order valence-corrected chi connectivity index (χ3v) is 5.48. The lowest BCUT2D eigenvalue weighted by Gasteiger charge is -2.30. The average molecular weight is 392 g/mol. The number of likely N-dealkylation sites (tertiary alicyclic amines) is 1. The van der Waals surface area contributed by atoms with E-state index in [4.69, 9.17) is 5.11 Å². The second-order valence-corrected chi connectivity index (χ2v) is 7.44. The number of aromatic nitrogens is 2. The van der Waals surface area contributed by atoms with E-state index in [1.807, 2.05) is 36.7 Å². The molecule has 7 heteroatoms. The number of aliphatic carboxylic acids is 1. The van der Waals surface area contributed by atoms with Gasteiger partial charge in [-0.2, -0.15) is 0 Å². The number of rotatable bonds is 5. The number of amides is 2. The van der Waals surface area contributed by atoms with Crippen molar-refractivity contribution in [2.75, 3.05) is 13.1 Å². The van der Waals surface area contributed by atoms with E-state index in [0.29, 0.717) is 32.5 Å². The number of hydrogen-bond acceptors (Lipinski definition) is 3. The Morgan fingerprint density at radius 3 is 2.45 bits per heavy atom. The second kappa shape index (κ2) is 8.34. The highest BCUT2D eigenvalue weighted by molar-refractivity contribution is 5.76. The maximum Gasteiger partial charge on any atom is 0.317 e. The Kier molecular flexibility index (Phi) is 5.46. The Morgan fingerprint density at radius 2 is 1.72 bits per heavy atom. The fraction of sp³-hybridized carbons (Fsp3) is 0.318. The number of para-hydroxylation sites is 2. The molecular weight excluding hydrogens is 368 g/mol. The van der Waals surface area contributed by atoms with Gasteiger partial charge in [-0.05, 0) is 36.1 Å². The molecule has 150 valence electrons. The standard InChI is InChI=1S/C22H24N4O3/c27-21(28)18-9-11-25(12-10-18)22(29)23-13-16-5-7-17(8-6-16)14-26-15-24-19-3-1-2-4-20(19)26/h1-8,15,18H,9-14H2,(H,23,29)(H,27,28). The van der Waals surface area contributed by atoms with Gasteiger partial charge in [0, 0.05) is 26.2 Å². The predicted octanol–water partition coefficient (Wildman–Crippen LogP) is 3.09. The molecule has 1 saturated heterocycles. The van der Waals surface area contributed by atoms with Crippen LogP contribution in [0.25, 0.3) is 11.0 Å². The van der Waals surface area contributed by atoms with Crippen molar-refractivity contribution in [1.82, 2.24) is 19.8 Å². The van der Waals surface area contributed by atoms with Crippen molar-refractivity contribution in [2.45, 2.75) is 25.9 Å². The van der Waals surface area contributed by atoms with Crippen LogP contribution in [0, 0.1) is 5.92 Å². The molecule has 0 saturated carbocycles. The summed E-state index contributed by atoms with van der Waals surface area (Å²) in [6, 6.07) is 16.1. The number of nitrogens with zero attached hydrogens (tertiary/aromatic N) is 3. The molecule has 3 aromatic rings. The number of carbonyl (C=O) groups is 2. The molecule has 0 radical (unpaired) electrons. The van der Waals surface area contributed by atoms with Crippen molar-refractivity contribution in [3.8, 4) is 0 Å². The summed E-state index contributed by atoms with van der Waals surface area (Å²) in [5.74, 6) is -1.10. The van der Waals surface area contributed by atoms with Gasteiger partial charge in [0.2, 0.25) is 0 Å². The Hall–Kier alpha value is -3.35. The largest absolute Gasteiger partial charge is 0.481 e. The molecule has 0 atom stereocenters. The van der Waals surface area contributed by atoms with Crippen LogP contribution < -0.4 is 5.32 Å². The van der Waals surface area contributed by atoms with Gasteiger partial charge in [-0.1, -0.05) is 36.4 Å². The highest BCUT2D eigenvalue weighted by Crippen LogP contribution is 2.18. The lowest BCUT2D eigenvalue weighted by molar-refractivity contribution is -0.143. The maximum atomic E-state index is 12.3. The Labute approximate surface area is 169 Å². The number of nitrogens with one attached hydrogen (secondary N) is 1. The summed E-state index contributed by atoms with van der Waals surface area (Å²) >= 11 is 0. The van der Waals surface area contributed by atoms with Gasteiger partial charge < -0.3 is 19.9 Å². The molecule has 4 rings (SSSR count). The molecule has 1 aliphatic heterocycles. The molecule has 0 aliphatic carbocycles. The van der Waals surface area contributed by atoms with Crippen molar-refractivity contribution in [1.29, 1.82) is 0 Å². The quantitative estimate of drug-likeness (QED) is 0.698. The van der Waals surface area contributed by atoms with Crippen LogP contribution >= 0.6 is 0 Å². The van der Waals surface area contributed by atoms with Crippen LogP contribution in [0.2, 0.25) is 0 Å². The fourth-order valence-electron chi connectivity index (χ4n) is 3.71. The number of piperidine rings is 1. The third kappa shape index (κ3) is 4.39. The molecular formula is C22H24N4O3. The molecule has 7 nitrogen and oxygen atoms in total. The van der Waals surface area contributed by atoms with Gasteiger partial charge in [-0.25, -0.2) is 9.78 Å². The molecule has 1 aliphatic rings. The smallest absolute Gasteiger partial charge is 0.317 e. The van der Waals surface area contributed by atoms with E-state index in [1.54, 1.807) is 4.90 Å². The van der Waals surface area contributed by atoms with Crippen molar-refractivity contribution in [2.24, 2.45) is 5.92 Å². The van der Waals surface area contributed by atoms with Gasteiger partial charge in [-0.3, -0.25) is 4.79 Å².